The lowest BCUT2D eigenvalue weighted by Crippen LogP contribution is -2.23. The van der Waals surface area contributed by atoms with Gasteiger partial charge in [-0.05, 0) is 18.1 Å². The van der Waals surface area contributed by atoms with E-state index in [4.69, 9.17) is 4.84 Å². The van der Waals surface area contributed by atoms with Gasteiger partial charge in [-0.3, -0.25) is 0 Å². The van der Waals surface area contributed by atoms with Crippen LogP contribution in [0.25, 0.3) is 11.1 Å². The van der Waals surface area contributed by atoms with Crippen LogP contribution in [0.1, 0.15) is 64.7 Å². The molecule has 0 radical (unpaired) electrons. The maximum Gasteiger partial charge on any atom is 0.215 e. The van der Waals surface area contributed by atoms with Crippen molar-refractivity contribution in [3.63, 3.8) is 0 Å². The summed E-state index contributed by atoms with van der Waals surface area (Å²) in [6.45, 7) is 2.89. The number of nitriles is 1. The molecule has 0 heterocycles. The van der Waals surface area contributed by atoms with E-state index >= 15 is 0 Å². The van der Waals surface area contributed by atoms with E-state index in [2.05, 4.69) is 25.2 Å². The highest BCUT2D eigenvalue weighted by Crippen LogP contribution is 2.30. The molecule has 0 fully saturated rings. The van der Waals surface area contributed by atoms with Crippen molar-refractivity contribution < 1.29 is 4.84 Å². The predicted molar refractivity (Wildman–Crippen MR) is 112 cm³/mol. The first-order valence-corrected chi connectivity index (χ1v) is 10.3. The van der Waals surface area contributed by atoms with Gasteiger partial charge >= 0.3 is 0 Å². The monoisotopic (exact) mass is 364 g/mol. The first-order valence-electron chi connectivity index (χ1n) is 10.3. The predicted octanol–water partition coefficient (Wildman–Crippen LogP) is 6.96. The molecule has 0 N–H and O–H groups in total. The molecular weight excluding hydrogens is 332 g/mol. The molecule has 3 heteroatoms. The minimum Gasteiger partial charge on any atom is -0.369 e. The van der Waals surface area contributed by atoms with Crippen molar-refractivity contribution in [3.05, 3.63) is 54.6 Å². The number of rotatable bonds is 13. The molecule has 2 aromatic rings. The zero-order valence-corrected chi connectivity index (χ0v) is 16.6. The van der Waals surface area contributed by atoms with E-state index in [1.165, 1.54) is 50.0 Å². The smallest absolute Gasteiger partial charge is 0.215 e. The standard InChI is InChI=1S/C24H32N2O/c1-2-3-4-5-6-7-8-9-15-20-26(21-25)27-24-19-14-13-18-23(24)22-16-11-10-12-17-22/h10-14,16-19H,2-9,15,20H2,1H3. The number of hydrogen-bond donors (Lipinski definition) is 0. The Labute approximate surface area is 164 Å². The second kappa shape index (κ2) is 12.8. The van der Waals surface area contributed by atoms with Crippen molar-refractivity contribution in [1.29, 1.82) is 5.26 Å². The minimum absolute atomic E-state index is 0.634. The number of unbranched alkanes of at least 4 members (excludes halogenated alkanes) is 8. The third-order valence-electron chi connectivity index (χ3n) is 4.76. The number of benzene rings is 2. The summed E-state index contributed by atoms with van der Waals surface area (Å²) in [4.78, 5) is 5.89. The molecule has 0 atom stereocenters. The van der Waals surface area contributed by atoms with E-state index in [1.807, 2.05) is 42.5 Å². The number of hydrogen-bond acceptors (Lipinski definition) is 3. The zero-order valence-electron chi connectivity index (χ0n) is 16.6. The topological polar surface area (TPSA) is 36.3 Å². The summed E-state index contributed by atoms with van der Waals surface area (Å²) in [5, 5.41) is 10.8. The first kappa shape index (κ1) is 20.8. The molecule has 3 nitrogen and oxygen atoms in total. The summed E-state index contributed by atoms with van der Waals surface area (Å²) in [7, 11) is 0. The SMILES string of the molecule is CCCCCCCCCCCN(C#N)Oc1ccccc1-c1ccccc1. The van der Waals surface area contributed by atoms with Crippen molar-refractivity contribution in [2.45, 2.75) is 64.7 Å². The lowest BCUT2D eigenvalue weighted by Gasteiger charge is -2.18. The summed E-state index contributed by atoms with van der Waals surface area (Å²) in [6, 6.07) is 18.0. The Morgan fingerprint density at radius 3 is 2.04 bits per heavy atom. The van der Waals surface area contributed by atoms with Gasteiger partial charge in [0, 0.05) is 5.56 Å². The molecule has 2 aromatic carbocycles. The summed E-state index contributed by atoms with van der Waals surface area (Å²) in [5.41, 5.74) is 2.10. The minimum atomic E-state index is 0.634. The molecule has 2 rings (SSSR count). The van der Waals surface area contributed by atoms with Crippen LogP contribution < -0.4 is 4.84 Å². The van der Waals surface area contributed by atoms with E-state index in [0.29, 0.717) is 6.54 Å². The van der Waals surface area contributed by atoms with Crippen LogP contribution in [0.4, 0.5) is 0 Å². The first-order chi connectivity index (χ1) is 13.3. The van der Waals surface area contributed by atoms with Gasteiger partial charge in [-0.2, -0.15) is 5.26 Å². The number of nitrogens with zero attached hydrogens (tertiary/aromatic N) is 2. The van der Waals surface area contributed by atoms with E-state index in [0.717, 1.165) is 29.7 Å². The van der Waals surface area contributed by atoms with Gasteiger partial charge < -0.3 is 4.84 Å². The van der Waals surface area contributed by atoms with Crippen LogP contribution in [0, 0.1) is 11.5 Å². The van der Waals surface area contributed by atoms with Gasteiger partial charge in [0.2, 0.25) is 6.19 Å². The van der Waals surface area contributed by atoms with E-state index in [9.17, 15) is 5.26 Å². The van der Waals surface area contributed by atoms with Gasteiger partial charge in [-0.1, -0.05) is 107 Å². The summed E-state index contributed by atoms with van der Waals surface area (Å²) >= 11 is 0. The van der Waals surface area contributed by atoms with Crippen LogP contribution in [-0.4, -0.2) is 11.6 Å². The summed E-state index contributed by atoms with van der Waals surface area (Å²) in [5.74, 6) is 0.723. The maximum atomic E-state index is 9.42. The molecule has 0 amide bonds. The van der Waals surface area contributed by atoms with Crippen LogP contribution >= 0.6 is 0 Å². The average molecular weight is 365 g/mol. The quantitative estimate of drug-likeness (QED) is 0.167. The van der Waals surface area contributed by atoms with Gasteiger partial charge in [0.1, 0.15) is 0 Å². The highest BCUT2D eigenvalue weighted by Gasteiger charge is 2.10. The molecule has 0 spiro atoms. The normalized spacial score (nSPS) is 10.4. The lowest BCUT2D eigenvalue weighted by atomic mass is 10.1. The van der Waals surface area contributed by atoms with Crippen LogP contribution in [0.5, 0.6) is 5.75 Å². The molecule has 27 heavy (non-hydrogen) atoms. The molecule has 0 bridgehead atoms. The van der Waals surface area contributed by atoms with Crippen molar-refractivity contribution in [2.75, 3.05) is 6.54 Å². The molecule has 0 aromatic heterocycles. The van der Waals surface area contributed by atoms with Gasteiger partial charge in [0.25, 0.3) is 0 Å². The number of para-hydroxylation sites is 1. The van der Waals surface area contributed by atoms with Crippen molar-refractivity contribution >= 4 is 0 Å². The highest BCUT2D eigenvalue weighted by atomic mass is 16.7. The van der Waals surface area contributed by atoms with Gasteiger partial charge in [0.05, 0.1) is 6.54 Å². The Morgan fingerprint density at radius 2 is 1.37 bits per heavy atom. The van der Waals surface area contributed by atoms with E-state index in [-0.39, 0.29) is 0 Å². The Morgan fingerprint density at radius 1 is 0.778 bits per heavy atom. The van der Waals surface area contributed by atoms with Crippen molar-refractivity contribution in [3.8, 4) is 23.1 Å². The Kier molecular flexibility index (Phi) is 9.89. The third-order valence-corrected chi connectivity index (χ3v) is 4.76. The molecule has 0 aliphatic heterocycles. The molecule has 144 valence electrons. The largest absolute Gasteiger partial charge is 0.369 e. The van der Waals surface area contributed by atoms with Crippen molar-refractivity contribution in [2.24, 2.45) is 0 Å². The Hall–Kier alpha value is -2.47. The van der Waals surface area contributed by atoms with Gasteiger partial charge in [-0.15, -0.1) is 5.06 Å². The lowest BCUT2D eigenvalue weighted by molar-refractivity contribution is 0.00195. The van der Waals surface area contributed by atoms with Crippen molar-refractivity contribution in [1.82, 2.24) is 5.06 Å². The Balaban J connectivity index is 1.75. The Bertz CT molecular complexity index is 678. The van der Waals surface area contributed by atoms with E-state index in [1.54, 1.807) is 0 Å². The average Bonchev–Trinajstić information content (AvgIpc) is 2.72. The van der Waals surface area contributed by atoms with Gasteiger partial charge in [-0.25, -0.2) is 0 Å². The number of hydroxylamine groups is 2. The fraction of sp³-hybridized carbons (Fsp3) is 0.458. The summed E-state index contributed by atoms with van der Waals surface area (Å²) < 4.78 is 0. The van der Waals surface area contributed by atoms with E-state index < -0.39 is 0 Å². The van der Waals surface area contributed by atoms with Crippen LogP contribution in [0.2, 0.25) is 0 Å². The molecule has 0 aliphatic carbocycles. The second-order valence-corrected chi connectivity index (χ2v) is 6.98. The molecule has 0 unspecified atom stereocenters. The zero-order chi connectivity index (χ0) is 19.2. The fourth-order valence-electron chi connectivity index (χ4n) is 3.20. The molecule has 0 saturated heterocycles. The third kappa shape index (κ3) is 7.74. The fourth-order valence-corrected chi connectivity index (χ4v) is 3.20. The summed E-state index contributed by atoms with van der Waals surface area (Å²) in [6.07, 6.45) is 13.6. The van der Waals surface area contributed by atoms with Crippen LogP contribution in [-0.2, 0) is 0 Å². The van der Waals surface area contributed by atoms with Crippen LogP contribution in [0.15, 0.2) is 54.6 Å². The van der Waals surface area contributed by atoms with Crippen LogP contribution in [0.3, 0.4) is 0 Å². The molecule has 0 saturated carbocycles. The molecular formula is C24H32N2O. The maximum absolute atomic E-state index is 9.42. The van der Waals surface area contributed by atoms with Gasteiger partial charge in [0.15, 0.2) is 5.75 Å². The highest BCUT2D eigenvalue weighted by molar-refractivity contribution is 5.70. The second-order valence-electron chi connectivity index (χ2n) is 6.98. The molecule has 0 aliphatic rings.